The van der Waals surface area contributed by atoms with Crippen molar-refractivity contribution in [1.82, 2.24) is 5.32 Å². The number of rotatable bonds is 4. The van der Waals surface area contributed by atoms with Gasteiger partial charge in [-0.25, -0.2) is 0 Å². The van der Waals surface area contributed by atoms with Crippen LogP contribution in [0.25, 0.3) is 0 Å². The van der Waals surface area contributed by atoms with Crippen LogP contribution in [0.3, 0.4) is 0 Å². The van der Waals surface area contributed by atoms with E-state index in [9.17, 15) is 10.4 Å². The normalized spacial score (nSPS) is 22.3. The SMILES string of the molecule is CNCc1ccc(N(C)C2CCCCC2O)c(C#N)c1. The van der Waals surface area contributed by atoms with Crippen molar-refractivity contribution >= 4 is 5.69 Å². The van der Waals surface area contributed by atoms with Crippen LogP contribution in [-0.4, -0.2) is 31.3 Å². The summed E-state index contributed by atoms with van der Waals surface area (Å²) in [5, 5.41) is 22.6. The van der Waals surface area contributed by atoms with Crippen LogP contribution >= 0.6 is 0 Å². The highest BCUT2D eigenvalue weighted by Gasteiger charge is 2.27. The summed E-state index contributed by atoms with van der Waals surface area (Å²) >= 11 is 0. The molecular weight excluding hydrogens is 250 g/mol. The Bertz CT molecular complexity index is 495. The van der Waals surface area contributed by atoms with Crippen molar-refractivity contribution in [1.29, 1.82) is 5.26 Å². The highest BCUT2D eigenvalue weighted by molar-refractivity contribution is 5.60. The molecule has 2 atom stereocenters. The highest BCUT2D eigenvalue weighted by atomic mass is 16.3. The average Bonchev–Trinajstić information content (AvgIpc) is 2.47. The van der Waals surface area contributed by atoms with Gasteiger partial charge in [0.1, 0.15) is 6.07 Å². The Labute approximate surface area is 121 Å². The molecule has 1 fully saturated rings. The maximum atomic E-state index is 10.2. The maximum Gasteiger partial charge on any atom is 0.101 e. The van der Waals surface area contributed by atoms with Crippen LogP contribution < -0.4 is 10.2 Å². The van der Waals surface area contributed by atoms with E-state index in [0.29, 0.717) is 5.56 Å². The number of nitrogens with zero attached hydrogens (tertiary/aromatic N) is 2. The van der Waals surface area contributed by atoms with Gasteiger partial charge in [0.25, 0.3) is 0 Å². The zero-order valence-electron chi connectivity index (χ0n) is 12.3. The predicted octanol–water partition coefficient (Wildman–Crippen LogP) is 2.02. The van der Waals surface area contributed by atoms with Crippen molar-refractivity contribution < 1.29 is 5.11 Å². The minimum Gasteiger partial charge on any atom is -0.391 e. The number of hydrogen-bond acceptors (Lipinski definition) is 4. The summed E-state index contributed by atoms with van der Waals surface area (Å²) in [6, 6.07) is 8.36. The third kappa shape index (κ3) is 3.12. The molecule has 0 heterocycles. The first-order chi connectivity index (χ1) is 9.67. The summed E-state index contributed by atoms with van der Waals surface area (Å²) in [6.45, 7) is 0.755. The minimum atomic E-state index is -0.294. The number of nitriles is 1. The lowest BCUT2D eigenvalue weighted by Crippen LogP contribution is -2.43. The summed E-state index contributed by atoms with van der Waals surface area (Å²) < 4.78 is 0. The molecule has 4 heteroatoms. The second-order valence-corrected chi connectivity index (χ2v) is 5.52. The second-order valence-electron chi connectivity index (χ2n) is 5.52. The molecule has 0 amide bonds. The molecule has 0 aromatic heterocycles. The molecule has 0 saturated heterocycles. The fourth-order valence-corrected chi connectivity index (χ4v) is 3.02. The Morgan fingerprint density at radius 2 is 2.15 bits per heavy atom. The highest BCUT2D eigenvalue weighted by Crippen LogP contribution is 2.29. The van der Waals surface area contributed by atoms with Gasteiger partial charge in [-0.1, -0.05) is 18.9 Å². The van der Waals surface area contributed by atoms with Gasteiger partial charge in [-0.05, 0) is 37.6 Å². The van der Waals surface area contributed by atoms with Crippen LogP contribution in [0.15, 0.2) is 18.2 Å². The molecule has 20 heavy (non-hydrogen) atoms. The first-order valence-electron chi connectivity index (χ1n) is 7.26. The zero-order valence-corrected chi connectivity index (χ0v) is 12.3. The average molecular weight is 273 g/mol. The Hall–Kier alpha value is -1.57. The standard InChI is InChI=1S/C16H23N3O/c1-18-11-12-7-8-14(13(9-12)10-17)19(2)15-5-3-4-6-16(15)20/h7-9,15-16,18,20H,3-6,11H2,1-2H3. The third-order valence-electron chi connectivity index (χ3n) is 4.13. The van der Waals surface area contributed by atoms with Crippen molar-refractivity contribution in [2.75, 3.05) is 19.0 Å². The van der Waals surface area contributed by atoms with Crippen molar-refractivity contribution in [3.63, 3.8) is 0 Å². The topological polar surface area (TPSA) is 59.3 Å². The van der Waals surface area contributed by atoms with Crippen molar-refractivity contribution in [3.05, 3.63) is 29.3 Å². The summed E-state index contributed by atoms with van der Waals surface area (Å²) in [4.78, 5) is 2.07. The van der Waals surface area contributed by atoms with E-state index in [1.165, 1.54) is 0 Å². The Morgan fingerprint density at radius 3 is 2.80 bits per heavy atom. The predicted molar refractivity (Wildman–Crippen MR) is 80.6 cm³/mol. The number of likely N-dealkylation sites (N-methyl/N-ethyl adjacent to an activating group) is 1. The van der Waals surface area contributed by atoms with E-state index >= 15 is 0 Å². The molecule has 0 radical (unpaired) electrons. The second kappa shape index (κ2) is 6.74. The van der Waals surface area contributed by atoms with Crippen LogP contribution in [0.4, 0.5) is 5.69 Å². The van der Waals surface area contributed by atoms with Gasteiger partial charge in [0.15, 0.2) is 0 Å². The van der Waals surface area contributed by atoms with Gasteiger partial charge >= 0.3 is 0 Å². The molecule has 1 aromatic rings. The fraction of sp³-hybridized carbons (Fsp3) is 0.562. The molecule has 2 N–H and O–H groups in total. The molecule has 1 aliphatic rings. The largest absolute Gasteiger partial charge is 0.391 e. The number of benzene rings is 1. The van der Waals surface area contributed by atoms with Gasteiger partial charge in [0.05, 0.1) is 23.4 Å². The monoisotopic (exact) mass is 273 g/mol. The first-order valence-corrected chi connectivity index (χ1v) is 7.26. The minimum absolute atomic E-state index is 0.117. The van der Waals surface area contributed by atoms with E-state index < -0.39 is 0 Å². The van der Waals surface area contributed by atoms with Gasteiger partial charge in [-0.3, -0.25) is 0 Å². The van der Waals surface area contributed by atoms with Crippen LogP contribution in [0.1, 0.15) is 36.8 Å². The van der Waals surface area contributed by atoms with E-state index in [0.717, 1.165) is 43.5 Å². The molecule has 1 aliphatic carbocycles. The van der Waals surface area contributed by atoms with Gasteiger partial charge in [0.2, 0.25) is 0 Å². The lowest BCUT2D eigenvalue weighted by atomic mass is 9.91. The first kappa shape index (κ1) is 14.8. The van der Waals surface area contributed by atoms with Crippen LogP contribution in [0, 0.1) is 11.3 Å². The van der Waals surface area contributed by atoms with E-state index in [1.54, 1.807) is 0 Å². The number of aliphatic hydroxyl groups excluding tert-OH is 1. The fourth-order valence-electron chi connectivity index (χ4n) is 3.02. The molecular formula is C16H23N3O. The molecule has 2 unspecified atom stereocenters. The summed E-state index contributed by atoms with van der Waals surface area (Å²) in [5.41, 5.74) is 2.70. The van der Waals surface area contributed by atoms with Crippen LogP contribution in [0.5, 0.6) is 0 Å². The number of aliphatic hydroxyl groups is 1. The molecule has 2 rings (SSSR count). The third-order valence-corrected chi connectivity index (χ3v) is 4.13. The lowest BCUT2D eigenvalue weighted by Gasteiger charge is -2.37. The lowest BCUT2D eigenvalue weighted by molar-refractivity contribution is 0.106. The molecule has 4 nitrogen and oxygen atoms in total. The van der Waals surface area contributed by atoms with E-state index in [4.69, 9.17) is 0 Å². The van der Waals surface area contributed by atoms with E-state index in [1.807, 2.05) is 32.3 Å². The summed E-state index contributed by atoms with van der Waals surface area (Å²) in [5.74, 6) is 0. The zero-order chi connectivity index (χ0) is 14.5. The molecule has 1 aromatic carbocycles. The maximum absolute atomic E-state index is 10.2. The Balaban J connectivity index is 2.24. The summed E-state index contributed by atoms with van der Waals surface area (Å²) in [6.07, 6.45) is 3.79. The number of hydrogen-bond donors (Lipinski definition) is 2. The van der Waals surface area contributed by atoms with Crippen molar-refractivity contribution in [2.24, 2.45) is 0 Å². The molecule has 1 saturated carbocycles. The number of nitrogens with one attached hydrogen (secondary N) is 1. The van der Waals surface area contributed by atoms with Gasteiger partial charge in [0, 0.05) is 13.6 Å². The van der Waals surface area contributed by atoms with Crippen LogP contribution in [0.2, 0.25) is 0 Å². The summed E-state index contributed by atoms with van der Waals surface area (Å²) in [7, 11) is 3.87. The van der Waals surface area contributed by atoms with Gasteiger partial charge in [-0.15, -0.1) is 0 Å². The van der Waals surface area contributed by atoms with Gasteiger partial charge < -0.3 is 15.3 Å². The Kier molecular flexibility index (Phi) is 4.99. The smallest absolute Gasteiger partial charge is 0.101 e. The molecule has 0 spiro atoms. The number of anilines is 1. The van der Waals surface area contributed by atoms with Crippen LogP contribution in [-0.2, 0) is 6.54 Å². The molecule has 0 aliphatic heterocycles. The molecule has 0 bridgehead atoms. The van der Waals surface area contributed by atoms with E-state index in [2.05, 4.69) is 16.3 Å². The quantitative estimate of drug-likeness (QED) is 0.881. The van der Waals surface area contributed by atoms with E-state index in [-0.39, 0.29) is 12.1 Å². The van der Waals surface area contributed by atoms with Crippen molar-refractivity contribution in [2.45, 2.75) is 44.4 Å². The molecule has 108 valence electrons. The Morgan fingerprint density at radius 1 is 1.40 bits per heavy atom. The van der Waals surface area contributed by atoms with Crippen molar-refractivity contribution in [3.8, 4) is 6.07 Å². The van der Waals surface area contributed by atoms with Gasteiger partial charge in [-0.2, -0.15) is 5.26 Å².